The molecule has 0 aliphatic heterocycles. The lowest BCUT2D eigenvalue weighted by molar-refractivity contribution is 0.509. The van der Waals surface area contributed by atoms with Gasteiger partial charge in [-0.25, -0.2) is 13.8 Å². The van der Waals surface area contributed by atoms with Gasteiger partial charge in [-0.15, -0.1) is 11.3 Å². The first kappa shape index (κ1) is 13.1. The summed E-state index contributed by atoms with van der Waals surface area (Å²) in [6.45, 7) is 3.91. The Morgan fingerprint density at radius 2 is 2.00 bits per heavy atom. The molecule has 0 aliphatic rings. The van der Waals surface area contributed by atoms with Crippen molar-refractivity contribution in [1.82, 2.24) is 10.3 Å². The standard InChI is InChI=1S/C13H14F2N2S/c1-7(16-3)13-12(17-8(2)18-13)9-4-5-10(14)11(15)6-9/h4-7,16H,1-3H3. The molecule has 2 rings (SSSR count). The van der Waals surface area contributed by atoms with Gasteiger partial charge in [0.2, 0.25) is 0 Å². The molecule has 0 saturated heterocycles. The average molecular weight is 268 g/mol. The lowest BCUT2D eigenvalue weighted by atomic mass is 10.1. The van der Waals surface area contributed by atoms with Crippen LogP contribution in [0.5, 0.6) is 0 Å². The molecule has 0 spiro atoms. The van der Waals surface area contributed by atoms with Gasteiger partial charge in [0.05, 0.1) is 10.7 Å². The summed E-state index contributed by atoms with van der Waals surface area (Å²) >= 11 is 1.56. The smallest absolute Gasteiger partial charge is 0.159 e. The van der Waals surface area contributed by atoms with E-state index in [1.54, 1.807) is 17.4 Å². The topological polar surface area (TPSA) is 24.9 Å². The minimum Gasteiger partial charge on any atom is -0.312 e. The van der Waals surface area contributed by atoms with Gasteiger partial charge in [0, 0.05) is 16.5 Å². The molecule has 1 unspecified atom stereocenters. The third kappa shape index (κ3) is 2.42. The molecular formula is C13H14F2N2S. The largest absolute Gasteiger partial charge is 0.312 e. The summed E-state index contributed by atoms with van der Waals surface area (Å²) < 4.78 is 26.2. The van der Waals surface area contributed by atoms with Crippen molar-refractivity contribution in [2.24, 2.45) is 0 Å². The monoisotopic (exact) mass is 268 g/mol. The number of hydrogen-bond acceptors (Lipinski definition) is 3. The normalized spacial score (nSPS) is 12.7. The molecule has 1 N–H and O–H groups in total. The van der Waals surface area contributed by atoms with Gasteiger partial charge in [-0.3, -0.25) is 0 Å². The van der Waals surface area contributed by atoms with E-state index in [1.807, 2.05) is 20.9 Å². The zero-order valence-electron chi connectivity index (χ0n) is 10.4. The Bertz CT molecular complexity index is 566. The van der Waals surface area contributed by atoms with Gasteiger partial charge < -0.3 is 5.32 Å². The molecule has 2 aromatic rings. The van der Waals surface area contributed by atoms with Crippen molar-refractivity contribution >= 4 is 11.3 Å². The van der Waals surface area contributed by atoms with E-state index in [4.69, 9.17) is 0 Å². The molecule has 0 aliphatic carbocycles. The molecule has 0 amide bonds. The number of nitrogens with one attached hydrogen (secondary N) is 1. The van der Waals surface area contributed by atoms with E-state index in [1.165, 1.54) is 6.07 Å². The second-order valence-electron chi connectivity index (χ2n) is 4.08. The molecule has 1 atom stereocenters. The second-order valence-corrected chi connectivity index (χ2v) is 5.32. The maximum Gasteiger partial charge on any atom is 0.159 e. The third-order valence-electron chi connectivity index (χ3n) is 2.78. The molecular weight excluding hydrogens is 254 g/mol. The summed E-state index contributed by atoms with van der Waals surface area (Å²) in [6, 6.07) is 4.00. The fourth-order valence-corrected chi connectivity index (χ4v) is 2.73. The van der Waals surface area contributed by atoms with E-state index in [9.17, 15) is 8.78 Å². The number of benzene rings is 1. The van der Waals surface area contributed by atoms with E-state index < -0.39 is 11.6 Å². The molecule has 0 radical (unpaired) electrons. The van der Waals surface area contributed by atoms with Crippen LogP contribution in [0.4, 0.5) is 8.78 Å². The summed E-state index contributed by atoms with van der Waals surface area (Å²) in [6.07, 6.45) is 0. The van der Waals surface area contributed by atoms with Crippen molar-refractivity contribution in [2.45, 2.75) is 19.9 Å². The molecule has 5 heteroatoms. The van der Waals surface area contributed by atoms with Gasteiger partial charge >= 0.3 is 0 Å². The molecule has 2 nitrogen and oxygen atoms in total. The van der Waals surface area contributed by atoms with Crippen molar-refractivity contribution in [1.29, 1.82) is 0 Å². The summed E-state index contributed by atoms with van der Waals surface area (Å²) in [5.74, 6) is -1.69. The predicted octanol–water partition coefficient (Wildman–Crippen LogP) is 3.68. The summed E-state index contributed by atoms with van der Waals surface area (Å²) in [7, 11) is 1.86. The van der Waals surface area contributed by atoms with Crippen molar-refractivity contribution < 1.29 is 8.78 Å². The molecule has 1 heterocycles. The number of halogens is 2. The second kappa shape index (κ2) is 5.12. The van der Waals surface area contributed by atoms with Crippen LogP contribution in [0.25, 0.3) is 11.3 Å². The third-order valence-corrected chi connectivity index (χ3v) is 3.93. The van der Waals surface area contributed by atoms with Gasteiger partial charge in [0.1, 0.15) is 0 Å². The average Bonchev–Trinajstić information content (AvgIpc) is 2.74. The number of aryl methyl sites for hydroxylation is 1. The van der Waals surface area contributed by atoms with E-state index in [0.717, 1.165) is 21.6 Å². The molecule has 96 valence electrons. The Morgan fingerprint density at radius 1 is 1.28 bits per heavy atom. The maximum absolute atomic E-state index is 13.3. The highest BCUT2D eigenvalue weighted by molar-refractivity contribution is 7.12. The summed E-state index contributed by atoms with van der Waals surface area (Å²) in [4.78, 5) is 5.44. The molecule has 1 aromatic heterocycles. The Hall–Kier alpha value is -1.33. The summed E-state index contributed by atoms with van der Waals surface area (Å²) in [5, 5.41) is 4.04. The van der Waals surface area contributed by atoms with Gasteiger partial charge in [0.25, 0.3) is 0 Å². The number of aromatic nitrogens is 1. The van der Waals surface area contributed by atoms with Crippen LogP contribution < -0.4 is 5.32 Å². The van der Waals surface area contributed by atoms with Crippen LogP contribution in [-0.2, 0) is 0 Å². The SMILES string of the molecule is CNC(C)c1sc(C)nc1-c1ccc(F)c(F)c1. The van der Waals surface area contributed by atoms with Crippen LogP contribution in [0.1, 0.15) is 22.9 Å². The van der Waals surface area contributed by atoms with E-state index in [-0.39, 0.29) is 6.04 Å². The Labute approximate surface area is 109 Å². The maximum atomic E-state index is 13.3. The van der Waals surface area contributed by atoms with E-state index in [2.05, 4.69) is 10.3 Å². The van der Waals surface area contributed by atoms with Gasteiger partial charge in [0.15, 0.2) is 11.6 Å². The minimum atomic E-state index is -0.846. The molecule has 1 aromatic carbocycles. The number of rotatable bonds is 3. The highest BCUT2D eigenvalue weighted by Gasteiger charge is 2.17. The number of nitrogens with zero attached hydrogens (tertiary/aromatic N) is 1. The van der Waals surface area contributed by atoms with Gasteiger partial charge in [-0.2, -0.15) is 0 Å². The van der Waals surface area contributed by atoms with Gasteiger partial charge in [-0.05, 0) is 39.1 Å². The zero-order valence-corrected chi connectivity index (χ0v) is 11.2. The quantitative estimate of drug-likeness (QED) is 0.918. The predicted molar refractivity (Wildman–Crippen MR) is 69.7 cm³/mol. The molecule has 0 fully saturated rings. The Balaban J connectivity index is 2.52. The van der Waals surface area contributed by atoms with Crippen molar-refractivity contribution in [3.05, 3.63) is 39.7 Å². The fraction of sp³-hybridized carbons (Fsp3) is 0.308. The lowest BCUT2D eigenvalue weighted by Gasteiger charge is -2.10. The molecule has 18 heavy (non-hydrogen) atoms. The van der Waals surface area contributed by atoms with Gasteiger partial charge in [-0.1, -0.05) is 0 Å². The Morgan fingerprint density at radius 3 is 2.61 bits per heavy atom. The number of hydrogen-bond donors (Lipinski definition) is 1. The van der Waals surface area contributed by atoms with Crippen molar-refractivity contribution in [2.75, 3.05) is 7.05 Å². The highest BCUT2D eigenvalue weighted by atomic mass is 32.1. The Kier molecular flexibility index (Phi) is 3.73. The van der Waals surface area contributed by atoms with Crippen LogP contribution in [-0.4, -0.2) is 12.0 Å². The summed E-state index contributed by atoms with van der Waals surface area (Å²) in [5.41, 5.74) is 1.33. The van der Waals surface area contributed by atoms with E-state index >= 15 is 0 Å². The zero-order chi connectivity index (χ0) is 13.3. The lowest BCUT2D eigenvalue weighted by Crippen LogP contribution is -2.11. The van der Waals surface area contributed by atoms with Crippen LogP contribution in [0.3, 0.4) is 0 Å². The highest BCUT2D eigenvalue weighted by Crippen LogP contribution is 2.33. The first-order valence-electron chi connectivity index (χ1n) is 5.63. The van der Waals surface area contributed by atoms with Crippen LogP contribution in [0, 0.1) is 18.6 Å². The first-order valence-corrected chi connectivity index (χ1v) is 6.44. The van der Waals surface area contributed by atoms with Crippen LogP contribution >= 0.6 is 11.3 Å². The van der Waals surface area contributed by atoms with Crippen molar-refractivity contribution in [3.63, 3.8) is 0 Å². The minimum absolute atomic E-state index is 0.124. The number of thiazole rings is 1. The van der Waals surface area contributed by atoms with Crippen LogP contribution in [0.2, 0.25) is 0 Å². The first-order chi connectivity index (χ1) is 8.52. The molecule has 0 saturated carbocycles. The fourth-order valence-electron chi connectivity index (χ4n) is 1.72. The van der Waals surface area contributed by atoms with E-state index in [0.29, 0.717) is 5.56 Å². The molecule has 0 bridgehead atoms. The van der Waals surface area contributed by atoms with Crippen molar-refractivity contribution in [3.8, 4) is 11.3 Å². The van der Waals surface area contributed by atoms with Crippen LogP contribution in [0.15, 0.2) is 18.2 Å².